The number of allylic oxidation sites excluding steroid dienone is 1. The van der Waals surface area contributed by atoms with E-state index in [-0.39, 0.29) is 28.9 Å². The van der Waals surface area contributed by atoms with Gasteiger partial charge in [0.1, 0.15) is 5.82 Å². The minimum Gasteiger partial charge on any atom is -0.348 e. The summed E-state index contributed by atoms with van der Waals surface area (Å²) >= 11 is 0. The molecule has 0 radical (unpaired) electrons. The van der Waals surface area contributed by atoms with Crippen molar-refractivity contribution in [3.63, 3.8) is 0 Å². The second-order valence-corrected chi connectivity index (χ2v) is 9.84. The van der Waals surface area contributed by atoms with Gasteiger partial charge in [0.25, 0.3) is 5.91 Å². The molecule has 0 spiro atoms. The van der Waals surface area contributed by atoms with Gasteiger partial charge in [-0.05, 0) is 48.9 Å². The third kappa shape index (κ3) is 6.95. The van der Waals surface area contributed by atoms with E-state index in [1.54, 1.807) is 49.0 Å². The van der Waals surface area contributed by atoms with Crippen molar-refractivity contribution >= 4 is 27.4 Å². The Kier molecular flexibility index (Phi) is 10.1. The Morgan fingerprint density at radius 2 is 1.80 bits per heavy atom. The molecule has 0 atom stereocenters. The van der Waals surface area contributed by atoms with Crippen molar-refractivity contribution in [2.45, 2.75) is 45.6 Å². The molecule has 1 N–H and O–H groups in total. The van der Waals surface area contributed by atoms with E-state index >= 15 is 0 Å². The van der Waals surface area contributed by atoms with Gasteiger partial charge in [0.05, 0.1) is 28.2 Å². The Morgan fingerprint density at radius 3 is 2.37 bits per heavy atom. The van der Waals surface area contributed by atoms with Crippen molar-refractivity contribution < 1.29 is 17.6 Å². The number of rotatable bonds is 8. The molecule has 0 saturated heterocycles. The minimum absolute atomic E-state index is 0.0322. The molecule has 0 fully saturated rings. The standard InChI is InChI=1S/C23H23FN4O3S.C3H8/c1-4-20(21-15-27-28(22(21)5-2)18-9-7-17(24)8-10-18)23(29)26-13-16-11-19(14-25-12-16)32(30,31)6-3;1-3-2/h4-5,7-12,14-15H,2,6,13H2,1,3H3,(H,26,29);3H2,1-2H3/b20-4+;. The number of pyridine rings is 1. The molecule has 1 aromatic carbocycles. The Bertz CT molecular complexity index is 1300. The summed E-state index contributed by atoms with van der Waals surface area (Å²) in [6.07, 6.45) is 8.83. The predicted octanol–water partition coefficient (Wildman–Crippen LogP) is 4.98. The third-order valence-corrected chi connectivity index (χ3v) is 6.56. The van der Waals surface area contributed by atoms with E-state index in [9.17, 15) is 17.6 Å². The SMILES string of the molecule is C=Cc1c(/C(=C\C)C(=O)NCc2cncc(S(=O)(=O)CC)c2)cnn1-c1ccc(F)cc1.CCC. The predicted molar refractivity (Wildman–Crippen MR) is 137 cm³/mol. The highest BCUT2D eigenvalue weighted by atomic mass is 32.2. The summed E-state index contributed by atoms with van der Waals surface area (Å²) in [5.41, 5.74) is 2.71. The maximum Gasteiger partial charge on any atom is 0.251 e. The molecule has 2 heterocycles. The van der Waals surface area contributed by atoms with Gasteiger partial charge in [-0.3, -0.25) is 9.78 Å². The number of nitrogens with zero attached hydrogens (tertiary/aromatic N) is 3. The lowest BCUT2D eigenvalue weighted by molar-refractivity contribution is -0.115. The Balaban J connectivity index is 0.00000137. The van der Waals surface area contributed by atoms with Crippen LogP contribution in [0.5, 0.6) is 0 Å². The van der Waals surface area contributed by atoms with Crippen molar-refractivity contribution in [1.82, 2.24) is 20.1 Å². The highest BCUT2D eigenvalue weighted by Crippen LogP contribution is 2.24. The molecule has 7 nitrogen and oxygen atoms in total. The van der Waals surface area contributed by atoms with Crippen LogP contribution in [0, 0.1) is 5.82 Å². The number of aromatic nitrogens is 3. The lowest BCUT2D eigenvalue weighted by Crippen LogP contribution is -2.24. The topological polar surface area (TPSA) is 93.9 Å². The molecular formula is C26H31FN4O3S. The molecule has 0 aliphatic heterocycles. The van der Waals surface area contributed by atoms with E-state index in [0.29, 0.717) is 28.1 Å². The molecule has 1 amide bonds. The molecule has 2 aromatic heterocycles. The summed E-state index contributed by atoms with van der Waals surface area (Å²) < 4.78 is 39.0. The van der Waals surface area contributed by atoms with Gasteiger partial charge >= 0.3 is 0 Å². The van der Waals surface area contributed by atoms with Crippen LogP contribution in [0.2, 0.25) is 0 Å². The summed E-state index contributed by atoms with van der Waals surface area (Å²) in [6, 6.07) is 7.32. The molecule has 0 aliphatic carbocycles. The zero-order valence-electron chi connectivity index (χ0n) is 20.5. The van der Waals surface area contributed by atoms with Gasteiger partial charge in [-0.25, -0.2) is 17.5 Å². The number of nitrogens with one attached hydrogen (secondary N) is 1. The maximum absolute atomic E-state index is 13.3. The van der Waals surface area contributed by atoms with Gasteiger partial charge < -0.3 is 5.32 Å². The molecule has 0 bridgehead atoms. The molecular weight excluding hydrogens is 467 g/mol. The van der Waals surface area contributed by atoms with Gasteiger partial charge in [-0.15, -0.1) is 0 Å². The van der Waals surface area contributed by atoms with Crippen LogP contribution in [0.1, 0.15) is 50.9 Å². The van der Waals surface area contributed by atoms with Crippen LogP contribution < -0.4 is 5.32 Å². The summed E-state index contributed by atoms with van der Waals surface area (Å²) in [5.74, 6) is -0.756. The molecule has 0 saturated carbocycles. The van der Waals surface area contributed by atoms with Crippen LogP contribution in [0.25, 0.3) is 17.3 Å². The van der Waals surface area contributed by atoms with Crippen molar-refractivity contribution in [1.29, 1.82) is 0 Å². The van der Waals surface area contributed by atoms with Crippen LogP contribution >= 0.6 is 0 Å². The van der Waals surface area contributed by atoms with Crippen LogP contribution in [0.15, 0.2) is 66.5 Å². The van der Waals surface area contributed by atoms with E-state index in [1.165, 1.54) is 37.0 Å². The average Bonchev–Trinajstić information content (AvgIpc) is 3.28. The first-order valence-corrected chi connectivity index (χ1v) is 12.9. The first-order valence-electron chi connectivity index (χ1n) is 11.3. The van der Waals surface area contributed by atoms with Crippen molar-refractivity contribution in [2.24, 2.45) is 0 Å². The molecule has 35 heavy (non-hydrogen) atoms. The van der Waals surface area contributed by atoms with E-state index in [2.05, 4.69) is 35.8 Å². The molecule has 0 unspecified atom stereocenters. The van der Waals surface area contributed by atoms with E-state index in [4.69, 9.17) is 0 Å². The number of amides is 1. The second kappa shape index (κ2) is 12.8. The summed E-state index contributed by atoms with van der Waals surface area (Å²) in [4.78, 5) is 17.0. The fourth-order valence-corrected chi connectivity index (χ4v) is 4.02. The number of halogens is 1. The Hall–Kier alpha value is -3.59. The van der Waals surface area contributed by atoms with Crippen molar-refractivity contribution in [3.05, 3.63) is 84.2 Å². The largest absolute Gasteiger partial charge is 0.348 e. The lowest BCUT2D eigenvalue weighted by Gasteiger charge is -2.10. The number of hydrogen-bond acceptors (Lipinski definition) is 5. The van der Waals surface area contributed by atoms with Crippen molar-refractivity contribution in [3.8, 4) is 5.69 Å². The smallest absolute Gasteiger partial charge is 0.251 e. The third-order valence-electron chi connectivity index (χ3n) is 4.86. The Morgan fingerprint density at radius 1 is 1.14 bits per heavy atom. The van der Waals surface area contributed by atoms with Gasteiger partial charge in [-0.2, -0.15) is 5.10 Å². The van der Waals surface area contributed by atoms with E-state index in [0.717, 1.165) is 0 Å². The van der Waals surface area contributed by atoms with Gasteiger partial charge in [0.2, 0.25) is 0 Å². The zero-order valence-corrected chi connectivity index (χ0v) is 21.3. The van der Waals surface area contributed by atoms with Gasteiger partial charge in [0.15, 0.2) is 9.84 Å². The molecule has 3 aromatic rings. The fraction of sp³-hybridized carbons (Fsp3) is 0.269. The Labute approximate surface area is 206 Å². The molecule has 0 aliphatic rings. The second-order valence-electron chi connectivity index (χ2n) is 7.56. The van der Waals surface area contributed by atoms with Crippen LogP contribution in [0.4, 0.5) is 4.39 Å². The lowest BCUT2D eigenvalue weighted by atomic mass is 10.1. The quantitative estimate of drug-likeness (QED) is 0.442. The number of sulfone groups is 1. The highest BCUT2D eigenvalue weighted by Gasteiger charge is 2.19. The van der Waals surface area contributed by atoms with E-state index < -0.39 is 9.84 Å². The maximum atomic E-state index is 13.3. The molecule has 186 valence electrons. The summed E-state index contributed by atoms with van der Waals surface area (Å²) in [5, 5.41) is 7.12. The highest BCUT2D eigenvalue weighted by molar-refractivity contribution is 7.91. The minimum atomic E-state index is -3.39. The molecule has 3 rings (SSSR count). The number of carbonyl (C=O) groups excluding carboxylic acids is 1. The van der Waals surface area contributed by atoms with Crippen LogP contribution in [-0.4, -0.2) is 34.8 Å². The number of hydrogen-bond donors (Lipinski definition) is 1. The van der Waals surface area contributed by atoms with Crippen LogP contribution in [0.3, 0.4) is 0 Å². The van der Waals surface area contributed by atoms with Crippen LogP contribution in [-0.2, 0) is 21.2 Å². The summed E-state index contributed by atoms with van der Waals surface area (Å²) in [6.45, 7) is 11.5. The van der Waals surface area contributed by atoms with Gasteiger partial charge in [-0.1, -0.05) is 39.8 Å². The average molecular weight is 499 g/mol. The first-order chi connectivity index (χ1) is 16.7. The number of carbonyl (C=O) groups is 1. The van der Waals surface area contributed by atoms with E-state index in [1.807, 2.05) is 0 Å². The summed E-state index contributed by atoms with van der Waals surface area (Å²) in [7, 11) is -3.39. The fourth-order valence-electron chi connectivity index (χ4n) is 3.13. The number of benzene rings is 1. The normalized spacial score (nSPS) is 11.4. The zero-order chi connectivity index (χ0) is 26.0. The monoisotopic (exact) mass is 498 g/mol. The van der Waals surface area contributed by atoms with Gasteiger partial charge in [0, 0.05) is 30.1 Å². The first kappa shape index (κ1) is 27.7. The molecule has 9 heteroatoms. The van der Waals surface area contributed by atoms with Crippen molar-refractivity contribution in [2.75, 3.05) is 5.75 Å².